The van der Waals surface area contributed by atoms with Gasteiger partial charge in [-0.25, -0.2) is 0 Å². The summed E-state index contributed by atoms with van der Waals surface area (Å²) in [6.07, 6.45) is 0. The molecule has 0 atom stereocenters. The summed E-state index contributed by atoms with van der Waals surface area (Å²) >= 11 is 0. The molecule has 0 saturated carbocycles. The first-order chi connectivity index (χ1) is 5.69. The molecule has 0 aromatic heterocycles. The van der Waals surface area contributed by atoms with Gasteiger partial charge in [-0.2, -0.15) is 0 Å². The molecule has 0 spiro atoms. The Morgan fingerprint density at radius 1 is 1.17 bits per heavy atom. The molecule has 3 heteroatoms. The number of quaternary nitrogens is 2. The Morgan fingerprint density at radius 3 is 1.92 bits per heavy atom. The third-order valence-electron chi connectivity index (χ3n) is 1.95. The predicted octanol–water partition coefficient (Wildman–Crippen LogP) is -0.816. The lowest BCUT2D eigenvalue weighted by Crippen LogP contribution is -2.48. The van der Waals surface area contributed by atoms with Gasteiger partial charge in [0.2, 0.25) is 0 Å². The first kappa shape index (κ1) is 9.03. The Hall–Kier alpha value is -1.06. The van der Waals surface area contributed by atoms with E-state index >= 15 is 0 Å². The van der Waals surface area contributed by atoms with E-state index in [1.165, 1.54) is 0 Å². The number of rotatable bonds is 2. The highest BCUT2D eigenvalue weighted by Gasteiger charge is 2.07. The Morgan fingerprint density at radius 2 is 1.58 bits per heavy atom. The number of aromatic hydroxyl groups is 1. The third-order valence-corrected chi connectivity index (χ3v) is 1.95. The van der Waals surface area contributed by atoms with E-state index < -0.39 is 0 Å². The zero-order chi connectivity index (χ0) is 9.14. The molecule has 0 radical (unpaired) electrons. The molecule has 66 valence electrons. The number of phenols is 1. The van der Waals surface area contributed by atoms with Crippen molar-refractivity contribution in [2.75, 3.05) is 0 Å². The van der Waals surface area contributed by atoms with Gasteiger partial charge in [-0.05, 0) is 24.6 Å². The Balaban J connectivity index is 3.22. The molecule has 1 aromatic carbocycles. The van der Waals surface area contributed by atoms with E-state index in [9.17, 15) is 5.11 Å². The van der Waals surface area contributed by atoms with E-state index in [2.05, 4.69) is 11.5 Å². The van der Waals surface area contributed by atoms with Crippen molar-refractivity contribution in [2.24, 2.45) is 0 Å². The normalized spacial score (nSPS) is 10.2. The van der Waals surface area contributed by atoms with Gasteiger partial charge in [0.25, 0.3) is 0 Å². The standard InChI is InChI=1S/C9H14N2O/c1-6-2-7(4-10)9(12)8(3-6)5-11/h2-3,12H,4-5,10-11H2,1H3/p+2. The van der Waals surface area contributed by atoms with E-state index in [0.29, 0.717) is 18.8 Å². The van der Waals surface area contributed by atoms with E-state index in [-0.39, 0.29) is 0 Å². The molecule has 1 rings (SSSR count). The number of hydrogen-bond acceptors (Lipinski definition) is 1. The van der Waals surface area contributed by atoms with E-state index in [4.69, 9.17) is 0 Å². The molecule has 3 nitrogen and oxygen atoms in total. The van der Waals surface area contributed by atoms with Crippen molar-refractivity contribution in [3.8, 4) is 5.75 Å². The molecule has 0 aliphatic carbocycles. The summed E-state index contributed by atoms with van der Waals surface area (Å²) in [4.78, 5) is 0. The van der Waals surface area contributed by atoms with Crippen molar-refractivity contribution in [3.05, 3.63) is 28.8 Å². The summed E-state index contributed by atoms with van der Waals surface area (Å²) in [5.41, 5.74) is 10.5. The SMILES string of the molecule is Cc1cc(C[NH3+])c(O)c(C[NH3+])c1. The van der Waals surface area contributed by atoms with Crippen molar-refractivity contribution in [1.82, 2.24) is 0 Å². The number of hydrogen-bond donors (Lipinski definition) is 3. The van der Waals surface area contributed by atoms with Gasteiger partial charge in [-0.15, -0.1) is 0 Å². The number of benzene rings is 1. The lowest BCUT2D eigenvalue weighted by atomic mass is 10.0. The fraction of sp³-hybridized carbons (Fsp3) is 0.333. The molecular weight excluding hydrogens is 152 g/mol. The molecule has 0 aliphatic heterocycles. The average molecular weight is 168 g/mol. The molecule has 0 amide bonds. The minimum atomic E-state index is 0.366. The smallest absolute Gasteiger partial charge is 0.133 e. The molecule has 0 bridgehead atoms. The van der Waals surface area contributed by atoms with E-state index in [1.807, 2.05) is 19.1 Å². The maximum Gasteiger partial charge on any atom is 0.133 e. The highest BCUT2D eigenvalue weighted by molar-refractivity contribution is 5.42. The summed E-state index contributed by atoms with van der Waals surface area (Å²) in [5.74, 6) is 0.366. The monoisotopic (exact) mass is 168 g/mol. The van der Waals surface area contributed by atoms with Gasteiger partial charge in [0.15, 0.2) is 0 Å². The summed E-state index contributed by atoms with van der Waals surface area (Å²) < 4.78 is 0. The van der Waals surface area contributed by atoms with Crippen LogP contribution in [0.15, 0.2) is 12.1 Å². The maximum absolute atomic E-state index is 9.63. The molecule has 0 heterocycles. The predicted molar refractivity (Wildman–Crippen MR) is 46.0 cm³/mol. The van der Waals surface area contributed by atoms with Crippen LogP contribution in [0, 0.1) is 6.92 Å². The first-order valence-corrected chi connectivity index (χ1v) is 4.09. The fourth-order valence-electron chi connectivity index (χ4n) is 1.32. The zero-order valence-electron chi connectivity index (χ0n) is 7.43. The van der Waals surface area contributed by atoms with Gasteiger partial charge in [0.1, 0.15) is 18.8 Å². The zero-order valence-corrected chi connectivity index (χ0v) is 7.43. The number of aryl methyl sites for hydroxylation is 1. The van der Waals surface area contributed by atoms with Crippen LogP contribution in [0.3, 0.4) is 0 Å². The van der Waals surface area contributed by atoms with Crippen LogP contribution in [0.1, 0.15) is 16.7 Å². The van der Waals surface area contributed by atoms with E-state index in [0.717, 1.165) is 16.7 Å². The first-order valence-electron chi connectivity index (χ1n) is 4.09. The minimum absolute atomic E-state index is 0.366. The average Bonchev–Trinajstić information content (AvgIpc) is 2.08. The van der Waals surface area contributed by atoms with Crippen molar-refractivity contribution >= 4 is 0 Å². The Kier molecular flexibility index (Phi) is 2.68. The van der Waals surface area contributed by atoms with Crippen molar-refractivity contribution in [2.45, 2.75) is 20.0 Å². The van der Waals surface area contributed by atoms with Crippen LogP contribution in [-0.2, 0) is 13.1 Å². The third kappa shape index (κ3) is 1.57. The second kappa shape index (κ2) is 3.56. The van der Waals surface area contributed by atoms with Crippen LogP contribution in [0.25, 0.3) is 0 Å². The second-order valence-electron chi connectivity index (χ2n) is 2.93. The van der Waals surface area contributed by atoms with Gasteiger partial charge in [-0.3, -0.25) is 0 Å². The Labute approximate surface area is 72.0 Å². The van der Waals surface area contributed by atoms with Gasteiger partial charge < -0.3 is 16.6 Å². The van der Waals surface area contributed by atoms with E-state index in [1.54, 1.807) is 0 Å². The summed E-state index contributed by atoms with van der Waals surface area (Å²) in [6, 6.07) is 3.92. The molecule has 1 aromatic rings. The van der Waals surface area contributed by atoms with Gasteiger partial charge in [0, 0.05) is 11.1 Å². The fourth-order valence-corrected chi connectivity index (χ4v) is 1.32. The van der Waals surface area contributed by atoms with Crippen LogP contribution < -0.4 is 11.5 Å². The summed E-state index contributed by atoms with van der Waals surface area (Å²) in [7, 11) is 0. The lowest BCUT2D eigenvalue weighted by molar-refractivity contribution is -0.388. The van der Waals surface area contributed by atoms with Crippen LogP contribution in [0.2, 0.25) is 0 Å². The molecule has 12 heavy (non-hydrogen) atoms. The molecule has 0 aliphatic rings. The van der Waals surface area contributed by atoms with Gasteiger partial charge in [0.05, 0.1) is 0 Å². The van der Waals surface area contributed by atoms with Crippen molar-refractivity contribution < 1.29 is 16.6 Å². The topological polar surface area (TPSA) is 75.5 Å². The van der Waals surface area contributed by atoms with Crippen LogP contribution in [0.5, 0.6) is 5.75 Å². The molecule has 0 saturated heterocycles. The highest BCUT2D eigenvalue weighted by Crippen LogP contribution is 2.22. The van der Waals surface area contributed by atoms with Crippen molar-refractivity contribution in [3.63, 3.8) is 0 Å². The largest absolute Gasteiger partial charge is 0.507 e. The molecule has 0 fully saturated rings. The summed E-state index contributed by atoms with van der Waals surface area (Å²) in [5, 5.41) is 9.63. The molecular formula is C9H16N2O+2. The Bertz CT molecular complexity index is 259. The summed E-state index contributed by atoms with van der Waals surface area (Å²) in [6.45, 7) is 3.26. The molecule has 7 N–H and O–H groups in total. The second-order valence-corrected chi connectivity index (χ2v) is 2.93. The maximum atomic E-state index is 9.63. The van der Waals surface area contributed by atoms with Gasteiger partial charge in [-0.1, -0.05) is 0 Å². The highest BCUT2D eigenvalue weighted by atomic mass is 16.3. The quantitative estimate of drug-likeness (QED) is 0.530. The van der Waals surface area contributed by atoms with Crippen LogP contribution in [0.4, 0.5) is 0 Å². The minimum Gasteiger partial charge on any atom is -0.507 e. The number of phenolic OH excluding ortho intramolecular Hbond substituents is 1. The van der Waals surface area contributed by atoms with Gasteiger partial charge >= 0.3 is 0 Å². The lowest BCUT2D eigenvalue weighted by Gasteiger charge is -2.05. The molecule has 0 unspecified atom stereocenters. The van der Waals surface area contributed by atoms with Crippen molar-refractivity contribution in [1.29, 1.82) is 0 Å². The van der Waals surface area contributed by atoms with Crippen LogP contribution >= 0.6 is 0 Å². The van der Waals surface area contributed by atoms with Crippen LogP contribution in [-0.4, -0.2) is 5.11 Å².